The monoisotopic (exact) mass is 218 g/mol. The van der Waals surface area contributed by atoms with Crippen molar-refractivity contribution in [1.82, 2.24) is 0 Å². The third kappa shape index (κ3) is 7.93. The van der Waals surface area contributed by atoms with Crippen LogP contribution in [-0.4, -0.2) is 35.4 Å². The Morgan fingerprint density at radius 1 is 1.27 bits per heavy atom. The number of carbonyl (C=O) groups is 2. The lowest BCUT2D eigenvalue weighted by Crippen LogP contribution is -2.25. The van der Waals surface area contributed by atoms with Gasteiger partial charge in [0.25, 0.3) is 0 Å². The van der Waals surface area contributed by atoms with E-state index in [1.807, 2.05) is 0 Å². The Hall–Kier alpha value is -1.10. The fraction of sp³-hybridized carbons (Fsp3) is 0.800. The third-order valence-corrected chi connectivity index (χ3v) is 1.82. The highest BCUT2D eigenvalue weighted by atomic mass is 16.5. The van der Waals surface area contributed by atoms with E-state index in [9.17, 15) is 9.59 Å². The van der Waals surface area contributed by atoms with Crippen LogP contribution >= 0.6 is 0 Å². The first-order valence-electron chi connectivity index (χ1n) is 4.86. The van der Waals surface area contributed by atoms with Gasteiger partial charge in [0, 0.05) is 18.3 Å². The van der Waals surface area contributed by atoms with Gasteiger partial charge < -0.3 is 14.9 Å². The van der Waals surface area contributed by atoms with Crippen molar-refractivity contribution in [3.63, 3.8) is 0 Å². The predicted octanol–water partition coefficient (Wildman–Crippen LogP) is 0.803. The number of aliphatic carboxylic acids is 1. The Morgan fingerprint density at radius 2 is 1.87 bits per heavy atom. The number of aliphatic hydroxyl groups is 1. The van der Waals surface area contributed by atoms with Crippen molar-refractivity contribution in [1.29, 1.82) is 0 Å². The van der Waals surface area contributed by atoms with E-state index >= 15 is 0 Å². The molecule has 0 aromatic carbocycles. The minimum Gasteiger partial charge on any atom is -0.481 e. The second kappa shape index (κ2) is 6.40. The normalized spacial score (nSPS) is 11.1. The van der Waals surface area contributed by atoms with Gasteiger partial charge in [-0.3, -0.25) is 9.59 Å². The molecule has 0 saturated carbocycles. The van der Waals surface area contributed by atoms with Crippen molar-refractivity contribution in [3.8, 4) is 0 Å². The van der Waals surface area contributed by atoms with Crippen LogP contribution in [0.15, 0.2) is 0 Å². The summed E-state index contributed by atoms with van der Waals surface area (Å²) in [5.41, 5.74) is -0.442. The minimum absolute atomic E-state index is 0.0293. The molecule has 88 valence electrons. The van der Waals surface area contributed by atoms with Gasteiger partial charge in [0.1, 0.15) is 0 Å². The van der Waals surface area contributed by atoms with Gasteiger partial charge in [-0.25, -0.2) is 0 Å². The van der Waals surface area contributed by atoms with E-state index in [2.05, 4.69) is 0 Å². The van der Waals surface area contributed by atoms with E-state index in [4.69, 9.17) is 14.9 Å². The highest BCUT2D eigenvalue weighted by Crippen LogP contribution is 2.14. The van der Waals surface area contributed by atoms with E-state index in [0.717, 1.165) is 0 Å². The first kappa shape index (κ1) is 13.9. The van der Waals surface area contributed by atoms with Crippen molar-refractivity contribution in [2.24, 2.45) is 5.41 Å². The molecule has 0 amide bonds. The van der Waals surface area contributed by atoms with Crippen LogP contribution in [-0.2, 0) is 14.3 Å². The number of carboxylic acid groups (broad SMARTS) is 1. The molecule has 0 rings (SSSR count). The maximum Gasteiger partial charge on any atom is 0.305 e. The fourth-order valence-corrected chi connectivity index (χ4v) is 0.778. The summed E-state index contributed by atoms with van der Waals surface area (Å²) >= 11 is 0. The number of aliphatic hydroxyl groups excluding tert-OH is 1. The summed E-state index contributed by atoms with van der Waals surface area (Å²) in [4.78, 5) is 21.2. The van der Waals surface area contributed by atoms with E-state index in [1.165, 1.54) is 0 Å². The molecule has 0 bridgehead atoms. The van der Waals surface area contributed by atoms with Gasteiger partial charge in [0.15, 0.2) is 0 Å². The van der Waals surface area contributed by atoms with Crippen molar-refractivity contribution in [3.05, 3.63) is 0 Å². The Labute approximate surface area is 89.0 Å². The third-order valence-electron chi connectivity index (χ3n) is 1.82. The molecule has 0 aliphatic rings. The van der Waals surface area contributed by atoms with Crippen molar-refractivity contribution < 1.29 is 24.5 Å². The zero-order valence-corrected chi connectivity index (χ0v) is 9.15. The molecule has 5 nitrogen and oxygen atoms in total. The van der Waals surface area contributed by atoms with Crippen LogP contribution in [0.5, 0.6) is 0 Å². The van der Waals surface area contributed by atoms with Gasteiger partial charge in [0.2, 0.25) is 0 Å². The summed E-state index contributed by atoms with van der Waals surface area (Å²) in [5, 5.41) is 17.2. The van der Waals surface area contributed by atoms with Crippen molar-refractivity contribution >= 4 is 11.9 Å². The second-order valence-electron chi connectivity index (χ2n) is 4.23. The second-order valence-corrected chi connectivity index (χ2v) is 4.23. The molecule has 0 spiro atoms. The first-order valence-corrected chi connectivity index (χ1v) is 4.86. The standard InChI is InChI=1S/C10H18O5/c1-10(2,6-11)7-15-9(14)5-3-4-8(12)13/h11H,3-7H2,1-2H3,(H,12,13). The van der Waals surface area contributed by atoms with Crippen LogP contribution in [0.1, 0.15) is 33.1 Å². The molecule has 15 heavy (non-hydrogen) atoms. The van der Waals surface area contributed by atoms with Crippen molar-refractivity contribution in [2.75, 3.05) is 13.2 Å². The molecule has 0 aliphatic carbocycles. The minimum atomic E-state index is -0.918. The smallest absolute Gasteiger partial charge is 0.305 e. The highest BCUT2D eigenvalue weighted by molar-refractivity contribution is 5.71. The first-order chi connectivity index (χ1) is 6.87. The molecule has 0 saturated heterocycles. The Kier molecular flexibility index (Phi) is 5.93. The molecule has 0 atom stereocenters. The molecule has 0 fully saturated rings. The number of hydrogen-bond acceptors (Lipinski definition) is 4. The molecular weight excluding hydrogens is 200 g/mol. The van der Waals surface area contributed by atoms with Crippen LogP contribution < -0.4 is 0 Å². The average Bonchev–Trinajstić information content (AvgIpc) is 2.14. The molecule has 0 aromatic rings. The molecule has 0 aliphatic heterocycles. The lowest BCUT2D eigenvalue weighted by molar-refractivity contribution is -0.147. The predicted molar refractivity (Wildman–Crippen MR) is 53.3 cm³/mol. The highest BCUT2D eigenvalue weighted by Gasteiger charge is 2.18. The average molecular weight is 218 g/mol. The number of carboxylic acids is 1. The van der Waals surface area contributed by atoms with Crippen LogP contribution in [0.3, 0.4) is 0 Å². The van der Waals surface area contributed by atoms with Crippen LogP contribution in [0, 0.1) is 5.41 Å². The summed E-state index contributed by atoms with van der Waals surface area (Å²) in [6.07, 6.45) is 0.361. The maximum absolute atomic E-state index is 11.1. The fourth-order valence-electron chi connectivity index (χ4n) is 0.778. The molecule has 5 heteroatoms. The number of rotatable bonds is 7. The van der Waals surface area contributed by atoms with E-state index < -0.39 is 17.4 Å². The van der Waals surface area contributed by atoms with Crippen molar-refractivity contribution in [2.45, 2.75) is 33.1 Å². The molecule has 2 N–H and O–H groups in total. The Balaban J connectivity index is 3.62. The zero-order chi connectivity index (χ0) is 11.9. The summed E-state index contributed by atoms with van der Waals surface area (Å²) in [6.45, 7) is 3.64. The van der Waals surface area contributed by atoms with Crippen LogP contribution in [0.4, 0.5) is 0 Å². The zero-order valence-electron chi connectivity index (χ0n) is 9.15. The van der Waals surface area contributed by atoms with Crippen LogP contribution in [0.2, 0.25) is 0 Å². The number of hydrogen-bond donors (Lipinski definition) is 2. The van der Waals surface area contributed by atoms with Gasteiger partial charge in [-0.2, -0.15) is 0 Å². The van der Waals surface area contributed by atoms with Gasteiger partial charge in [0.05, 0.1) is 13.2 Å². The van der Waals surface area contributed by atoms with Gasteiger partial charge in [-0.15, -0.1) is 0 Å². The number of ether oxygens (including phenoxy) is 1. The summed E-state index contributed by atoms with van der Waals surface area (Å²) in [7, 11) is 0. The summed E-state index contributed by atoms with van der Waals surface area (Å²) < 4.78 is 4.89. The number of carbonyl (C=O) groups excluding carboxylic acids is 1. The SMILES string of the molecule is CC(C)(CO)COC(=O)CCCC(=O)O. The van der Waals surface area contributed by atoms with E-state index in [1.54, 1.807) is 13.8 Å². The van der Waals surface area contributed by atoms with Gasteiger partial charge in [-0.1, -0.05) is 13.8 Å². The van der Waals surface area contributed by atoms with E-state index in [-0.39, 0.29) is 32.5 Å². The Bertz CT molecular complexity index is 222. The lowest BCUT2D eigenvalue weighted by atomic mass is 9.97. The molecule has 0 aromatic heterocycles. The quantitative estimate of drug-likeness (QED) is 0.617. The molecule has 0 heterocycles. The molecule has 0 unspecified atom stereocenters. The Morgan fingerprint density at radius 3 is 2.33 bits per heavy atom. The summed E-state index contributed by atoms with van der Waals surface area (Å²) in [6, 6.07) is 0. The van der Waals surface area contributed by atoms with Gasteiger partial charge >= 0.3 is 11.9 Å². The topological polar surface area (TPSA) is 83.8 Å². The van der Waals surface area contributed by atoms with E-state index in [0.29, 0.717) is 0 Å². The molecule has 0 radical (unpaired) electrons. The molecular formula is C10H18O5. The lowest BCUT2D eigenvalue weighted by Gasteiger charge is -2.20. The van der Waals surface area contributed by atoms with Crippen LogP contribution in [0.25, 0.3) is 0 Å². The van der Waals surface area contributed by atoms with Gasteiger partial charge in [-0.05, 0) is 6.42 Å². The number of esters is 1. The summed E-state index contributed by atoms with van der Waals surface area (Å²) in [5.74, 6) is -1.34. The largest absolute Gasteiger partial charge is 0.481 e. The maximum atomic E-state index is 11.1.